The van der Waals surface area contributed by atoms with E-state index in [4.69, 9.17) is 10.8 Å². The number of nitrogens with one attached hydrogen (secondary N) is 1. The fourth-order valence-electron chi connectivity index (χ4n) is 0.200. The standard InChI is InChI=1S/C5H8N2/c1-5(4-7)2-3-6/h2-4,6-7H,1H3/p+1/b5-2-,6-3?,7-4?. The Morgan fingerprint density at radius 1 is 1.71 bits per heavy atom. The van der Waals surface area contributed by atoms with Gasteiger partial charge in [0.1, 0.15) is 0 Å². The van der Waals surface area contributed by atoms with Gasteiger partial charge in [-0.1, -0.05) is 0 Å². The van der Waals surface area contributed by atoms with E-state index in [1.807, 2.05) is 6.92 Å². The molecule has 0 saturated carbocycles. The van der Waals surface area contributed by atoms with Gasteiger partial charge >= 0.3 is 0 Å². The predicted octanol–water partition coefficient (Wildman–Crippen LogP) is -0.588. The summed E-state index contributed by atoms with van der Waals surface area (Å²) >= 11 is 0. The molecule has 7 heavy (non-hydrogen) atoms. The number of hydrogen-bond acceptors (Lipinski definition) is 1. The van der Waals surface area contributed by atoms with Crippen molar-refractivity contribution in [1.82, 2.24) is 0 Å². The fraction of sp³-hybridized carbons (Fsp3) is 0.200. The smallest absolute Gasteiger partial charge is 0.160 e. The van der Waals surface area contributed by atoms with Crippen molar-refractivity contribution in [2.75, 3.05) is 0 Å². The quantitative estimate of drug-likeness (QED) is 0.433. The van der Waals surface area contributed by atoms with Crippen LogP contribution < -0.4 is 5.41 Å². The number of allylic oxidation sites excluding steroid dienone is 2. The van der Waals surface area contributed by atoms with E-state index < -0.39 is 0 Å². The minimum Gasteiger partial charge on any atom is -0.308 e. The monoisotopic (exact) mass is 97.1 g/mol. The maximum atomic E-state index is 6.64. The fourth-order valence-corrected chi connectivity index (χ4v) is 0.200. The van der Waals surface area contributed by atoms with Gasteiger partial charge in [-0.25, -0.2) is 0 Å². The van der Waals surface area contributed by atoms with Gasteiger partial charge in [-0.15, -0.1) is 0 Å². The van der Waals surface area contributed by atoms with Crippen molar-refractivity contribution < 1.29 is 5.41 Å². The van der Waals surface area contributed by atoms with E-state index in [0.29, 0.717) is 0 Å². The highest BCUT2D eigenvalue weighted by atomic mass is 14.3. The minimum atomic E-state index is 0.863. The first-order valence-electron chi connectivity index (χ1n) is 2.03. The summed E-state index contributed by atoms with van der Waals surface area (Å²) in [6.45, 7) is 1.82. The summed E-state index contributed by atoms with van der Waals surface area (Å²) in [4.78, 5) is 0. The Morgan fingerprint density at radius 3 is 2.43 bits per heavy atom. The first kappa shape index (κ1) is 6.08. The van der Waals surface area contributed by atoms with Gasteiger partial charge in [0.15, 0.2) is 6.21 Å². The summed E-state index contributed by atoms with van der Waals surface area (Å²) < 4.78 is 0. The van der Waals surface area contributed by atoms with Crippen LogP contribution in [0.2, 0.25) is 0 Å². The average Bonchev–Trinajstić information content (AvgIpc) is 1.68. The van der Waals surface area contributed by atoms with E-state index in [9.17, 15) is 0 Å². The van der Waals surface area contributed by atoms with E-state index in [0.717, 1.165) is 5.57 Å². The molecule has 0 spiro atoms. The van der Waals surface area contributed by atoms with Crippen molar-refractivity contribution in [3.05, 3.63) is 11.6 Å². The molecule has 0 unspecified atom stereocenters. The molecule has 0 radical (unpaired) electrons. The summed E-state index contributed by atoms with van der Waals surface area (Å²) in [5, 5.41) is 11.6. The van der Waals surface area contributed by atoms with Crippen molar-refractivity contribution >= 4 is 12.4 Å². The third-order valence-electron chi connectivity index (χ3n) is 0.587. The van der Waals surface area contributed by atoms with Crippen LogP contribution in [-0.4, -0.2) is 12.4 Å². The second-order valence-corrected chi connectivity index (χ2v) is 1.25. The summed E-state index contributed by atoms with van der Waals surface area (Å²) in [5.74, 6) is 0. The Morgan fingerprint density at radius 2 is 2.29 bits per heavy atom. The van der Waals surface area contributed by atoms with Crippen molar-refractivity contribution in [3.63, 3.8) is 0 Å². The van der Waals surface area contributed by atoms with Gasteiger partial charge in [0.2, 0.25) is 0 Å². The highest BCUT2D eigenvalue weighted by Gasteiger charge is 1.74. The molecule has 2 nitrogen and oxygen atoms in total. The van der Waals surface area contributed by atoms with Crippen LogP contribution in [0.25, 0.3) is 0 Å². The zero-order valence-corrected chi connectivity index (χ0v) is 4.31. The molecule has 0 rings (SSSR count). The molecule has 0 heterocycles. The van der Waals surface area contributed by atoms with Crippen molar-refractivity contribution in [2.24, 2.45) is 0 Å². The molecule has 2 heteroatoms. The maximum absolute atomic E-state index is 6.64. The number of nitrogens with two attached hydrogens (primary N) is 1. The molecule has 0 fully saturated rings. The summed E-state index contributed by atoms with van der Waals surface area (Å²) in [5.41, 5.74) is 0.863. The molecule has 0 aromatic heterocycles. The highest BCUT2D eigenvalue weighted by molar-refractivity contribution is 5.82. The van der Waals surface area contributed by atoms with Gasteiger partial charge in [-0.3, -0.25) is 5.41 Å². The maximum Gasteiger partial charge on any atom is 0.160 e. The molecule has 0 bridgehead atoms. The third kappa shape index (κ3) is 2.89. The topological polar surface area (TPSA) is 49.4 Å². The summed E-state index contributed by atoms with van der Waals surface area (Å²) in [7, 11) is 0. The zero-order valence-electron chi connectivity index (χ0n) is 4.31. The van der Waals surface area contributed by atoms with Gasteiger partial charge in [-0.05, 0) is 12.5 Å². The van der Waals surface area contributed by atoms with Crippen LogP contribution in [0.1, 0.15) is 6.92 Å². The molecule has 3 N–H and O–H groups in total. The molecule has 0 aliphatic carbocycles. The first-order chi connectivity index (χ1) is 3.31. The van der Waals surface area contributed by atoms with Crippen molar-refractivity contribution in [1.29, 1.82) is 5.41 Å². The van der Waals surface area contributed by atoms with Crippen LogP contribution >= 0.6 is 0 Å². The second kappa shape index (κ2) is 3.28. The largest absolute Gasteiger partial charge is 0.308 e. The molecule has 0 aliphatic rings. The average molecular weight is 97.1 g/mol. The van der Waals surface area contributed by atoms with Crippen molar-refractivity contribution in [2.45, 2.75) is 6.92 Å². The minimum absolute atomic E-state index is 0.863. The lowest BCUT2D eigenvalue weighted by atomic mass is 10.3. The second-order valence-electron chi connectivity index (χ2n) is 1.25. The van der Waals surface area contributed by atoms with Crippen LogP contribution in [0.4, 0.5) is 0 Å². The normalized spacial score (nSPS) is 10.7. The SMILES string of the molecule is C/C(C=N)=C/C=[NH2+]. The molecular weight excluding hydrogens is 88.1 g/mol. The van der Waals surface area contributed by atoms with E-state index in [1.54, 1.807) is 6.08 Å². The van der Waals surface area contributed by atoms with Gasteiger partial charge in [0, 0.05) is 12.3 Å². The molecule has 0 saturated heterocycles. The predicted molar refractivity (Wildman–Crippen MR) is 30.5 cm³/mol. The van der Waals surface area contributed by atoms with Crippen LogP contribution in [-0.2, 0) is 0 Å². The van der Waals surface area contributed by atoms with E-state index in [1.165, 1.54) is 12.4 Å². The Hall–Kier alpha value is -0.920. The lowest BCUT2D eigenvalue weighted by molar-refractivity contribution is -0.104. The Bertz CT molecular complexity index is 103. The van der Waals surface area contributed by atoms with Crippen LogP contribution in [0.3, 0.4) is 0 Å². The lowest BCUT2D eigenvalue weighted by Crippen LogP contribution is -2.28. The zero-order chi connectivity index (χ0) is 5.70. The van der Waals surface area contributed by atoms with Gasteiger partial charge < -0.3 is 5.41 Å². The third-order valence-corrected chi connectivity index (χ3v) is 0.587. The number of hydrogen-bond donors (Lipinski definition) is 2. The van der Waals surface area contributed by atoms with E-state index in [2.05, 4.69) is 0 Å². The Balaban J connectivity index is 3.72. The van der Waals surface area contributed by atoms with E-state index in [-0.39, 0.29) is 0 Å². The van der Waals surface area contributed by atoms with Crippen LogP contribution in [0, 0.1) is 5.41 Å². The molecule has 0 atom stereocenters. The molecule has 0 aliphatic heterocycles. The number of rotatable bonds is 2. The lowest BCUT2D eigenvalue weighted by Gasteiger charge is -1.75. The van der Waals surface area contributed by atoms with Gasteiger partial charge in [-0.2, -0.15) is 0 Å². The Labute approximate surface area is 42.9 Å². The molecule has 38 valence electrons. The molecule has 0 aromatic rings. The molecule has 0 aromatic carbocycles. The van der Waals surface area contributed by atoms with Crippen molar-refractivity contribution in [3.8, 4) is 0 Å². The van der Waals surface area contributed by atoms with E-state index >= 15 is 0 Å². The van der Waals surface area contributed by atoms with Gasteiger partial charge in [0.25, 0.3) is 0 Å². The Kier molecular flexibility index (Phi) is 2.85. The summed E-state index contributed by atoms with van der Waals surface area (Å²) in [6, 6.07) is 0. The molecular formula is C5H9N2+. The van der Waals surface area contributed by atoms with Crippen LogP contribution in [0.15, 0.2) is 11.6 Å². The highest BCUT2D eigenvalue weighted by Crippen LogP contribution is 1.78. The van der Waals surface area contributed by atoms with Crippen LogP contribution in [0.5, 0.6) is 0 Å². The summed E-state index contributed by atoms with van der Waals surface area (Å²) in [6.07, 6.45) is 4.34. The van der Waals surface area contributed by atoms with Gasteiger partial charge in [0.05, 0.1) is 0 Å². The first-order valence-corrected chi connectivity index (χ1v) is 2.03. The molecule has 0 amide bonds.